The molecule has 1 aliphatic rings. The molecule has 0 saturated carbocycles. The highest BCUT2D eigenvalue weighted by Gasteiger charge is 2.41. The lowest BCUT2D eigenvalue weighted by atomic mass is 10.1. The molecule has 11 nitrogen and oxygen atoms in total. The Morgan fingerprint density at radius 2 is 1.78 bits per heavy atom. The minimum atomic E-state index is -0.789. The molecule has 32 heavy (non-hydrogen) atoms. The summed E-state index contributed by atoms with van der Waals surface area (Å²) in [6.07, 6.45) is 0. The third kappa shape index (κ3) is 2.95. The molecule has 11 heteroatoms. The zero-order valence-corrected chi connectivity index (χ0v) is 16.5. The van der Waals surface area contributed by atoms with Crippen LogP contribution in [0.25, 0.3) is 22.7 Å². The number of hydrogen-bond acceptors (Lipinski definition) is 9. The Morgan fingerprint density at radius 1 is 1.00 bits per heavy atom. The smallest absolute Gasteiger partial charge is 0.282 e. The lowest BCUT2D eigenvalue weighted by Crippen LogP contribution is -2.29. The largest absolute Gasteiger partial charge is 0.419 e. The number of aryl methyl sites for hydroxylation is 1. The molecule has 1 aliphatic heterocycles. The molecular formula is C21H13N5O6. The van der Waals surface area contributed by atoms with Crippen molar-refractivity contribution < 1.29 is 23.5 Å². The molecule has 2 amide bonds. The molecule has 0 atom stereocenters. The number of carbonyl (C=O) groups excluding carboxylic acids is 2. The van der Waals surface area contributed by atoms with E-state index in [2.05, 4.69) is 15.4 Å². The van der Waals surface area contributed by atoms with Crippen molar-refractivity contribution in [1.82, 2.24) is 20.3 Å². The second-order valence-electron chi connectivity index (χ2n) is 6.98. The molecule has 0 radical (unpaired) electrons. The Bertz CT molecular complexity index is 1390. The normalized spacial score (nSPS) is 13.0. The first-order chi connectivity index (χ1) is 15.5. The van der Waals surface area contributed by atoms with E-state index in [1.54, 1.807) is 6.92 Å². The zero-order chi connectivity index (χ0) is 22.4. The Kier molecular flexibility index (Phi) is 4.36. The number of carbonyl (C=O) groups is 2. The Morgan fingerprint density at radius 3 is 2.53 bits per heavy atom. The number of nitro benzene ring substituents is 1. The van der Waals surface area contributed by atoms with Crippen molar-refractivity contribution in [3.05, 3.63) is 81.4 Å². The van der Waals surface area contributed by atoms with Gasteiger partial charge in [-0.15, -0.1) is 10.2 Å². The third-order valence-corrected chi connectivity index (χ3v) is 5.06. The molecule has 0 spiro atoms. The Balaban J connectivity index is 1.46. The standard InChI is InChI=1S/C21H13N5O6/c1-11-16(18(24-32-11)12-6-3-2-4-7-12)19-23-22-15(31-19)10-25-20(27)13-8-5-9-14(26(29)30)17(13)21(25)28/h2-9H,10H2,1H3. The topological polar surface area (TPSA) is 145 Å². The highest BCUT2D eigenvalue weighted by atomic mass is 16.6. The van der Waals surface area contributed by atoms with Crippen LogP contribution >= 0.6 is 0 Å². The fourth-order valence-electron chi connectivity index (χ4n) is 3.58. The monoisotopic (exact) mass is 431 g/mol. The van der Waals surface area contributed by atoms with E-state index in [0.717, 1.165) is 10.5 Å². The lowest BCUT2D eigenvalue weighted by molar-refractivity contribution is -0.385. The van der Waals surface area contributed by atoms with E-state index in [-0.39, 0.29) is 29.5 Å². The van der Waals surface area contributed by atoms with Crippen LogP contribution in [0.15, 0.2) is 57.5 Å². The van der Waals surface area contributed by atoms with Crippen molar-refractivity contribution >= 4 is 17.5 Å². The molecule has 3 heterocycles. The molecule has 0 N–H and O–H groups in total. The summed E-state index contributed by atoms with van der Waals surface area (Å²) in [6, 6.07) is 13.2. The number of imide groups is 1. The predicted octanol–water partition coefficient (Wildman–Crippen LogP) is 3.40. The molecule has 2 aromatic heterocycles. The molecule has 5 rings (SSSR count). The van der Waals surface area contributed by atoms with Crippen LogP contribution in [0.4, 0.5) is 5.69 Å². The molecule has 4 aromatic rings. The molecule has 158 valence electrons. The van der Waals surface area contributed by atoms with Crippen LogP contribution in [0.3, 0.4) is 0 Å². The van der Waals surface area contributed by atoms with E-state index in [0.29, 0.717) is 17.0 Å². The van der Waals surface area contributed by atoms with Gasteiger partial charge in [0.1, 0.15) is 29.1 Å². The average Bonchev–Trinajstić information content (AvgIpc) is 3.48. The van der Waals surface area contributed by atoms with Crippen LogP contribution in [0.2, 0.25) is 0 Å². The summed E-state index contributed by atoms with van der Waals surface area (Å²) >= 11 is 0. The van der Waals surface area contributed by atoms with Gasteiger partial charge < -0.3 is 8.94 Å². The summed E-state index contributed by atoms with van der Waals surface area (Å²) < 4.78 is 11.0. The van der Waals surface area contributed by atoms with Gasteiger partial charge in [0.05, 0.1) is 10.5 Å². The first-order valence-corrected chi connectivity index (χ1v) is 9.43. The minimum absolute atomic E-state index is 0.0169. The second-order valence-corrected chi connectivity index (χ2v) is 6.98. The van der Waals surface area contributed by atoms with E-state index >= 15 is 0 Å². The van der Waals surface area contributed by atoms with Crippen molar-refractivity contribution in [1.29, 1.82) is 0 Å². The lowest BCUT2D eigenvalue weighted by Gasteiger charge is -2.10. The summed E-state index contributed by atoms with van der Waals surface area (Å²) in [5.74, 6) is -0.907. The number of hydrogen-bond donors (Lipinski definition) is 0. The van der Waals surface area contributed by atoms with Crippen LogP contribution < -0.4 is 0 Å². The van der Waals surface area contributed by atoms with E-state index in [9.17, 15) is 19.7 Å². The summed E-state index contributed by atoms with van der Waals surface area (Å²) in [7, 11) is 0. The van der Waals surface area contributed by atoms with Gasteiger partial charge in [-0.2, -0.15) is 0 Å². The SMILES string of the molecule is Cc1onc(-c2ccccc2)c1-c1nnc(CN2C(=O)c3cccc([N+](=O)[O-])c3C2=O)o1. The number of nitro groups is 1. The third-order valence-electron chi connectivity index (χ3n) is 5.06. The van der Waals surface area contributed by atoms with Gasteiger partial charge in [0.2, 0.25) is 5.89 Å². The highest BCUT2D eigenvalue weighted by molar-refractivity contribution is 6.23. The average molecular weight is 431 g/mol. The maximum absolute atomic E-state index is 12.8. The van der Waals surface area contributed by atoms with Gasteiger partial charge >= 0.3 is 0 Å². The van der Waals surface area contributed by atoms with Crippen molar-refractivity contribution in [3.8, 4) is 22.7 Å². The van der Waals surface area contributed by atoms with E-state index < -0.39 is 22.4 Å². The summed E-state index contributed by atoms with van der Waals surface area (Å²) in [6.45, 7) is 1.36. The highest BCUT2D eigenvalue weighted by Crippen LogP contribution is 2.35. The quantitative estimate of drug-likeness (QED) is 0.263. The fourth-order valence-corrected chi connectivity index (χ4v) is 3.58. The van der Waals surface area contributed by atoms with E-state index in [1.165, 1.54) is 18.2 Å². The van der Waals surface area contributed by atoms with Gasteiger partial charge in [0, 0.05) is 11.6 Å². The summed E-state index contributed by atoms with van der Waals surface area (Å²) in [4.78, 5) is 36.8. The van der Waals surface area contributed by atoms with Gasteiger partial charge in [0.25, 0.3) is 23.4 Å². The van der Waals surface area contributed by atoms with Gasteiger partial charge in [-0.25, -0.2) is 0 Å². The van der Waals surface area contributed by atoms with Crippen molar-refractivity contribution in [2.24, 2.45) is 0 Å². The zero-order valence-electron chi connectivity index (χ0n) is 16.5. The van der Waals surface area contributed by atoms with Gasteiger partial charge in [-0.05, 0) is 13.0 Å². The number of benzene rings is 2. The van der Waals surface area contributed by atoms with Crippen molar-refractivity contribution in [2.45, 2.75) is 13.5 Å². The number of aromatic nitrogens is 3. The van der Waals surface area contributed by atoms with Crippen LogP contribution in [0.1, 0.15) is 32.4 Å². The predicted molar refractivity (Wildman–Crippen MR) is 107 cm³/mol. The second kappa shape index (κ2) is 7.23. The minimum Gasteiger partial charge on any atom is -0.419 e. The molecule has 0 unspecified atom stereocenters. The molecule has 0 bridgehead atoms. The molecule has 0 saturated heterocycles. The van der Waals surface area contributed by atoms with Crippen LogP contribution in [0.5, 0.6) is 0 Å². The van der Waals surface area contributed by atoms with E-state index in [4.69, 9.17) is 8.94 Å². The summed E-state index contributed by atoms with van der Waals surface area (Å²) in [5, 5.41) is 23.3. The number of amides is 2. The van der Waals surface area contributed by atoms with Gasteiger partial charge in [-0.1, -0.05) is 41.6 Å². The first-order valence-electron chi connectivity index (χ1n) is 9.43. The molecule has 2 aromatic carbocycles. The Labute approximate surface area is 179 Å². The van der Waals surface area contributed by atoms with Gasteiger partial charge in [0.15, 0.2) is 0 Å². The number of rotatable bonds is 5. The summed E-state index contributed by atoms with van der Waals surface area (Å²) in [5.41, 5.74) is 1.07. The van der Waals surface area contributed by atoms with Crippen molar-refractivity contribution in [3.63, 3.8) is 0 Å². The van der Waals surface area contributed by atoms with Crippen LogP contribution in [0, 0.1) is 17.0 Å². The van der Waals surface area contributed by atoms with Gasteiger partial charge in [-0.3, -0.25) is 24.6 Å². The molecular weight excluding hydrogens is 418 g/mol. The van der Waals surface area contributed by atoms with E-state index in [1.807, 2.05) is 30.3 Å². The van der Waals surface area contributed by atoms with Crippen molar-refractivity contribution in [2.75, 3.05) is 0 Å². The maximum atomic E-state index is 12.8. The molecule has 0 aliphatic carbocycles. The fraction of sp³-hybridized carbons (Fsp3) is 0.0952. The maximum Gasteiger partial charge on any atom is 0.282 e. The number of nitrogens with zero attached hydrogens (tertiary/aromatic N) is 5. The number of fused-ring (bicyclic) bond motifs is 1. The molecule has 0 fully saturated rings. The van der Waals surface area contributed by atoms with Crippen LogP contribution in [-0.2, 0) is 6.54 Å². The van der Waals surface area contributed by atoms with Crippen LogP contribution in [-0.4, -0.2) is 37.0 Å². The Hall–Kier alpha value is -4.67. The first kappa shape index (κ1) is 19.3.